The van der Waals surface area contributed by atoms with Gasteiger partial charge in [-0.2, -0.15) is 0 Å². The predicted molar refractivity (Wildman–Crippen MR) is 204 cm³/mol. The standard InChI is InChI=1S/C46H28N2O/c1-2-12-30(13-3-1)44-38-19-8-9-20-42(38)47-46(48-44)41-28-40-39-27-35(23-24-43(39)49-45(40)37-18-7-6-17-36(37)41)33-16-10-15-32(26-33)34-22-21-29-11-4-5-14-31(29)25-34/h1-28H. The van der Waals surface area contributed by atoms with Gasteiger partial charge in [-0.05, 0) is 74.8 Å². The Morgan fingerprint density at radius 1 is 0.367 bits per heavy atom. The molecule has 0 aliphatic rings. The Morgan fingerprint density at radius 2 is 1.02 bits per heavy atom. The van der Waals surface area contributed by atoms with Crippen LogP contribution in [0.4, 0.5) is 0 Å². The van der Waals surface area contributed by atoms with Gasteiger partial charge >= 0.3 is 0 Å². The summed E-state index contributed by atoms with van der Waals surface area (Å²) in [5, 5.41) is 7.75. The first-order chi connectivity index (χ1) is 24.3. The molecule has 10 aromatic rings. The molecule has 0 amide bonds. The number of para-hydroxylation sites is 1. The van der Waals surface area contributed by atoms with Gasteiger partial charge in [0.2, 0.25) is 0 Å². The van der Waals surface area contributed by atoms with Crippen molar-refractivity contribution in [3.8, 4) is 44.9 Å². The number of nitrogens with zero attached hydrogens (tertiary/aromatic N) is 2. The molecule has 0 radical (unpaired) electrons. The fourth-order valence-electron chi connectivity index (χ4n) is 7.22. The Labute approximate surface area is 282 Å². The topological polar surface area (TPSA) is 38.9 Å². The van der Waals surface area contributed by atoms with E-state index in [-0.39, 0.29) is 0 Å². The predicted octanol–water partition coefficient (Wildman–Crippen LogP) is 12.5. The Morgan fingerprint density at radius 3 is 1.88 bits per heavy atom. The van der Waals surface area contributed by atoms with E-state index in [1.807, 2.05) is 18.2 Å². The lowest BCUT2D eigenvalue weighted by Gasteiger charge is -2.11. The zero-order valence-corrected chi connectivity index (χ0v) is 26.5. The molecule has 3 nitrogen and oxygen atoms in total. The summed E-state index contributed by atoms with van der Waals surface area (Å²) in [6, 6.07) is 59.7. The van der Waals surface area contributed by atoms with Gasteiger partial charge in [0.15, 0.2) is 5.82 Å². The fourth-order valence-corrected chi connectivity index (χ4v) is 7.22. The maximum atomic E-state index is 6.60. The second-order valence-electron chi connectivity index (χ2n) is 12.6. The smallest absolute Gasteiger partial charge is 0.161 e. The Hall–Kier alpha value is -6.58. The van der Waals surface area contributed by atoms with E-state index in [4.69, 9.17) is 14.4 Å². The first kappa shape index (κ1) is 27.5. The van der Waals surface area contributed by atoms with Gasteiger partial charge in [0.05, 0.1) is 11.2 Å². The molecule has 2 aromatic heterocycles. The fraction of sp³-hybridized carbons (Fsp3) is 0. The van der Waals surface area contributed by atoms with Crippen molar-refractivity contribution in [3.05, 3.63) is 170 Å². The molecule has 8 aromatic carbocycles. The van der Waals surface area contributed by atoms with Gasteiger partial charge in [-0.15, -0.1) is 0 Å². The highest BCUT2D eigenvalue weighted by atomic mass is 16.3. The molecule has 228 valence electrons. The van der Waals surface area contributed by atoms with Crippen molar-refractivity contribution in [2.45, 2.75) is 0 Å². The molecule has 0 aliphatic heterocycles. The minimum Gasteiger partial charge on any atom is -0.455 e. The lowest BCUT2D eigenvalue weighted by molar-refractivity contribution is 0.673. The molecule has 0 atom stereocenters. The van der Waals surface area contributed by atoms with E-state index >= 15 is 0 Å². The second-order valence-corrected chi connectivity index (χ2v) is 12.6. The van der Waals surface area contributed by atoms with Crippen molar-refractivity contribution in [2.75, 3.05) is 0 Å². The second kappa shape index (κ2) is 11.0. The number of furan rings is 1. The summed E-state index contributed by atoms with van der Waals surface area (Å²) in [5.41, 5.74) is 10.3. The van der Waals surface area contributed by atoms with Crippen LogP contribution in [-0.2, 0) is 0 Å². The average molecular weight is 625 g/mol. The summed E-state index contributed by atoms with van der Waals surface area (Å²) in [6.45, 7) is 0. The van der Waals surface area contributed by atoms with E-state index in [1.54, 1.807) is 0 Å². The molecule has 0 fully saturated rings. The third-order valence-electron chi connectivity index (χ3n) is 9.65. The normalized spacial score (nSPS) is 11.7. The molecule has 0 saturated heterocycles. The highest BCUT2D eigenvalue weighted by Crippen LogP contribution is 2.41. The largest absolute Gasteiger partial charge is 0.455 e. The summed E-state index contributed by atoms with van der Waals surface area (Å²) in [5.74, 6) is 0.698. The van der Waals surface area contributed by atoms with Crippen LogP contribution in [-0.4, -0.2) is 9.97 Å². The number of hydrogen-bond donors (Lipinski definition) is 0. The lowest BCUT2D eigenvalue weighted by atomic mass is 9.95. The van der Waals surface area contributed by atoms with Crippen molar-refractivity contribution in [2.24, 2.45) is 0 Å². The molecule has 0 saturated carbocycles. The minimum atomic E-state index is 0.698. The van der Waals surface area contributed by atoms with Crippen LogP contribution >= 0.6 is 0 Å². The van der Waals surface area contributed by atoms with Gasteiger partial charge < -0.3 is 4.42 Å². The van der Waals surface area contributed by atoms with E-state index in [0.29, 0.717) is 5.82 Å². The number of hydrogen-bond acceptors (Lipinski definition) is 3. The first-order valence-corrected chi connectivity index (χ1v) is 16.6. The molecule has 2 heterocycles. The van der Waals surface area contributed by atoms with Crippen LogP contribution in [0.2, 0.25) is 0 Å². The molecule has 0 bridgehead atoms. The zero-order valence-electron chi connectivity index (χ0n) is 26.5. The van der Waals surface area contributed by atoms with Crippen LogP contribution in [0, 0.1) is 0 Å². The van der Waals surface area contributed by atoms with E-state index < -0.39 is 0 Å². The Bertz CT molecular complexity index is 2890. The van der Waals surface area contributed by atoms with Gasteiger partial charge in [0.1, 0.15) is 11.2 Å². The average Bonchev–Trinajstić information content (AvgIpc) is 3.55. The molecule has 0 spiro atoms. The number of aromatic nitrogens is 2. The summed E-state index contributed by atoms with van der Waals surface area (Å²) in [7, 11) is 0. The third-order valence-corrected chi connectivity index (χ3v) is 9.65. The van der Waals surface area contributed by atoms with Crippen LogP contribution in [0.25, 0.3) is 99.3 Å². The molecule has 0 unspecified atom stereocenters. The van der Waals surface area contributed by atoms with E-state index in [9.17, 15) is 0 Å². The molecule has 49 heavy (non-hydrogen) atoms. The zero-order chi connectivity index (χ0) is 32.3. The van der Waals surface area contributed by atoms with Crippen LogP contribution in [0.15, 0.2) is 174 Å². The van der Waals surface area contributed by atoms with Gasteiger partial charge in [-0.3, -0.25) is 0 Å². The van der Waals surface area contributed by atoms with Gasteiger partial charge in [0.25, 0.3) is 0 Å². The number of rotatable bonds is 4. The quantitative estimate of drug-likeness (QED) is 0.196. The lowest BCUT2D eigenvalue weighted by Crippen LogP contribution is -1.96. The highest BCUT2D eigenvalue weighted by molar-refractivity contribution is 6.19. The van der Waals surface area contributed by atoms with E-state index in [2.05, 4.69) is 152 Å². The third kappa shape index (κ3) is 4.59. The van der Waals surface area contributed by atoms with Crippen molar-refractivity contribution < 1.29 is 4.42 Å². The number of fused-ring (bicyclic) bond motifs is 7. The SMILES string of the molecule is c1ccc(-c2nc(-c3cc4c5cc(-c6cccc(-c7ccc8ccccc8c7)c6)ccc5oc4c4ccccc34)nc3ccccc23)cc1. The summed E-state index contributed by atoms with van der Waals surface area (Å²) in [6.07, 6.45) is 0. The van der Waals surface area contributed by atoms with Gasteiger partial charge in [0, 0.05) is 32.7 Å². The van der Waals surface area contributed by atoms with Gasteiger partial charge in [-0.25, -0.2) is 9.97 Å². The van der Waals surface area contributed by atoms with Crippen molar-refractivity contribution in [1.82, 2.24) is 9.97 Å². The highest BCUT2D eigenvalue weighted by Gasteiger charge is 2.19. The maximum absolute atomic E-state index is 6.60. The van der Waals surface area contributed by atoms with Gasteiger partial charge in [-0.1, -0.05) is 133 Å². The van der Waals surface area contributed by atoms with Crippen LogP contribution in [0.5, 0.6) is 0 Å². The Kier molecular flexibility index (Phi) is 6.18. The summed E-state index contributed by atoms with van der Waals surface area (Å²) >= 11 is 0. The van der Waals surface area contributed by atoms with E-state index in [1.165, 1.54) is 21.9 Å². The van der Waals surface area contributed by atoms with Crippen LogP contribution in [0.1, 0.15) is 0 Å². The van der Waals surface area contributed by atoms with Crippen molar-refractivity contribution in [1.29, 1.82) is 0 Å². The summed E-state index contributed by atoms with van der Waals surface area (Å²) < 4.78 is 6.60. The molecule has 0 N–H and O–H groups in total. The van der Waals surface area contributed by atoms with Crippen molar-refractivity contribution in [3.63, 3.8) is 0 Å². The molecular weight excluding hydrogens is 597 g/mol. The molecule has 3 heteroatoms. The van der Waals surface area contributed by atoms with Crippen molar-refractivity contribution >= 4 is 54.4 Å². The summed E-state index contributed by atoms with van der Waals surface area (Å²) in [4.78, 5) is 10.4. The molecule has 10 rings (SSSR count). The molecule has 0 aliphatic carbocycles. The maximum Gasteiger partial charge on any atom is 0.161 e. The van der Waals surface area contributed by atoms with Crippen LogP contribution in [0.3, 0.4) is 0 Å². The Balaban J connectivity index is 1.16. The first-order valence-electron chi connectivity index (χ1n) is 16.6. The monoisotopic (exact) mass is 624 g/mol. The van der Waals surface area contributed by atoms with E-state index in [0.717, 1.165) is 71.6 Å². The minimum absolute atomic E-state index is 0.698. The number of benzene rings is 8. The van der Waals surface area contributed by atoms with Crippen LogP contribution < -0.4 is 0 Å². The molecular formula is C46H28N2O.